The number of nitrogens with zero attached hydrogens (tertiary/aromatic N) is 1. The van der Waals surface area contributed by atoms with Crippen molar-refractivity contribution < 1.29 is 0 Å². The summed E-state index contributed by atoms with van der Waals surface area (Å²) in [5.74, 6) is 0.746. The standard InChI is InChI=1S/C17H30N2/c1-13(2)7-17(19(5)6)12-18-11-16-9-14(3)8-15(4)10-16/h8-10,13,17-18H,7,11-12H2,1-6H3. The van der Waals surface area contributed by atoms with E-state index in [1.165, 1.54) is 23.1 Å². The first-order chi connectivity index (χ1) is 8.88. The predicted molar refractivity (Wildman–Crippen MR) is 84.6 cm³/mol. The zero-order valence-electron chi connectivity index (χ0n) is 13.5. The number of hydrogen-bond acceptors (Lipinski definition) is 2. The second-order valence-corrected chi connectivity index (χ2v) is 6.37. The molecule has 0 heterocycles. The van der Waals surface area contributed by atoms with Crippen molar-refractivity contribution in [3.63, 3.8) is 0 Å². The molecule has 0 fully saturated rings. The van der Waals surface area contributed by atoms with Crippen LogP contribution < -0.4 is 5.32 Å². The summed E-state index contributed by atoms with van der Waals surface area (Å²) in [5, 5.41) is 3.60. The van der Waals surface area contributed by atoms with Crippen molar-refractivity contribution in [3.05, 3.63) is 34.9 Å². The van der Waals surface area contributed by atoms with Gasteiger partial charge in [-0.05, 0) is 45.8 Å². The summed E-state index contributed by atoms with van der Waals surface area (Å²) in [4.78, 5) is 2.33. The van der Waals surface area contributed by atoms with Crippen LogP contribution in [0.3, 0.4) is 0 Å². The molecular weight excluding hydrogens is 232 g/mol. The summed E-state index contributed by atoms with van der Waals surface area (Å²) < 4.78 is 0. The summed E-state index contributed by atoms with van der Waals surface area (Å²) in [6.45, 7) is 10.9. The first-order valence-electron chi connectivity index (χ1n) is 7.32. The van der Waals surface area contributed by atoms with Crippen LogP contribution in [-0.2, 0) is 6.54 Å². The van der Waals surface area contributed by atoms with Crippen molar-refractivity contribution in [1.82, 2.24) is 10.2 Å². The van der Waals surface area contributed by atoms with Crippen LogP contribution in [0.25, 0.3) is 0 Å². The van der Waals surface area contributed by atoms with E-state index in [1.807, 2.05) is 0 Å². The van der Waals surface area contributed by atoms with Crippen LogP contribution in [-0.4, -0.2) is 31.6 Å². The molecule has 1 rings (SSSR count). The first kappa shape index (κ1) is 16.2. The molecule has 2 heteroatoms. The average Bonchev–Trinajstić information content (AvgIpc) is 2.25. The van der Waals surface area contributed by atoms with Gasteiger partial charge >= 0.3 is 0 Å². The highest BCUT2D eigenvalue weighted by Crippen LogP contribution is 2.10. The molecule has 0 spiro atoms. The Morgan fingerprint density at radius 3 is 2.11 bits per heavy atom. The van der Waals surface area contributed by atoms with Gasteiger partial charge in [0.05, 0.1) is 0 Å². The van der Waals surface area contributed by atoms with Gasteiger partial charge in [0.2, 0.25) is 0 Å². The molecule has 1 unspecified atom stereocenters. The lowest BCUT2D eigenvalue weighted by Gasteiger charge is -2.26. The fraction of sp³-hybridized carbons (Fsp3) is 0.647. The van der Waals surface area contributed by atoms with Crippen LogP contribution in [0.15, 0.2) is 18.2 Å². The van der Waals surface area contributed by atoms with E-state index in [0.717, 1.165) is 19.0 Å². The number of nitrogens with one attached hydrogen (secondary N) is 1. The Morgan fingerprint density at radius 2 is 1.63 bits per heavy atom. The molecular formula is C17H30N2. The number of benzene rings is 1. The van der Waals surface area contributed by atoms with E-state index in [4.69, 9.17) is 0 Å². The molecule has 0 radical (unpaired) electrons. The maximum absolute atomic E-state index is 3.60. The molecule has 0 aliphatic heterocycles. The number of rotatable bonds is 7. The van der Waals surface area contributed by atoms with Crippen molar-refractivity contribution in [2.75, 3.05) is 20.6 Å². The monoisotopic (exact) mass is 262 g/mol. The highest BCUT2D eigenvalue weighted by atomic mass is 15.1. The normalized spacial score (nSPS) is 13.3. The minimum Gasteiger partial charge on any atom is -0.311 e. The van der Waals surface area contributed by atoms with Crippen LogP contribution >= 0.6 is 0 Å². The molecule has 0 aromatic heterocycles. The molecule has 1 aromatic carbocycles. The third-order valence-corrected chi connectivity index (χ3v) is 3.46. The molecule has 108 valence electrons. The lowest BCUT2D eigenvalue weighted by Crippen LogP contribution is -2.38. The fourth-order valence-corrected chi connectivity index (χ4v) is 2.58. The van der Waals surface area contributed by atoms with Gasteiger partial charge in [-0.25, -0.2) is 0 Å². The molecule has 1 aromatic rings. The highest BCUT2D eigenvalue weighted by Gasteiger charge is 2.12. The minimum atomic E-state index is 0.617. The van der Waals surface area contributed by atoms with Crippen LogP contribution in [0.2, 0.25) is 0 Å². The van der Waals surface area contributed by atoms with Crippen LogP contribution in [0.5, 0.6) is 0 Å². The Morgan fingerprint density at radius 1 is 1.05 bits per heavy atom. The molecule has 0 aliphatic carbocycles. The van der Waals surface area contributed by atoms with E-state index >= 15 is 0 Å². The van der Waals surface area contributed by atoms with Crippen molar-refractivity contribution in [1.29, 1.82) is 0 Å². The maximum atomic E-state index is 3.60. The summed E-state index contributed by atoms with van der Waals surface area (Å²) in [7, 11) is 4.34. The lowest BCUT2D eigenvalue weighted by molar-refractivity contribution is 0.246. The first-order valence-corrected chi connectivity index (χ1v) is 7.32. The topological polar surface area (TPSA) is 15.3 Å². The zero-order chi connectivity index (χ0) is 14.4. The summed E-state index contributed by atoms with van der Waals surface area (Å²) >= 11 is 0. The smallest absolute Gasteiger partial charge is 0.0217 e. The van der Waals surface area contributed by atoms with Crippen molar-refractivity contribution >= 4 is 0 Å². The van der Waals surface area contributed by atoms with E-state index in [0.29, 0.717) is 6.04 Å². The van der Waals surface area contributed by atoms with Gasteiger partial charge in [-0.15, -0.1) is 0 Å². The van der Waals surface area contributed by atoms with Gasteiger partial charge in [-0.2, -0.15) is 0 Å². The minimum absolute atomic E-state index is 0.617. The second-order valence-electron chi connectivity index (χ2n) is 6.37. The Kier molecular flexibility index (Phi) is 6.53. The van der Waals surface area contributed by atoms with E-state index in [1.54, 1.807) is 0 Å². The van der Waals surface area contributed by atoms with Gasteiger partial charge in [0.15, 0.2) is 0 Å². The van der Waals surface area contributed by atoms with Gasteiger partial charge in [0.25, 0.3) is 0 Å². The van der Waals surface area contributed by atoms with E-state index in [-0.39, 0.29) is 0 Å². The van der Waals surface area contributed by atoms with Crippen LogP contribution in [0, 0.1) is 19.8 Å². The van der Waals surface area contributed by atoms with Crippen molar-refractivity contribution in [3.8, 4) is 0 Å². The highest BCUT2D eigenvalue weighted by molar-refractivity contribution is 5.28. The van der Waals surface area contributed by atoms with E-state index in [2.05, 4.69) is 70.2 Å². The summed E-state index contributed by atoms with van der Waals surface area (Å²) in [6.07, 6.45) is 1.24. The quantitative estimate of drug-likeness (QED) is 0.810. The van der Waals surface area contributed by atoms with Crippen molar-refractivity contribution in [2.24, 2.45) is 5.92 Å². The Bertz CT molecular complexity index is 363. The fourth-order valence-electron chi connectivity index (χ4n) is 2.58. The Hall–Kier alpha value is -0.860. The van der Waals surface area contributed by atoms with Crippen LogP contribution in [0.1, 0.15) is 37.0 Å². The van der Waals surface area contributed by atoms with E-state index < -0.39 is 0 Å². The zero-order valence-corrected chi connectivity index (χ0v) is 13.5. The average molecular weight is 262 g/mol. The number of hydrogen-bond donors (Lipinski definition) is 1. The lowest BCUT2D eigenvalue weighted by atomic mass is 10.0. The van der Waals surface area contributed by atoms with Gasteiger partial charge in [0, 0.05) is 19.1 Å². The van der Waals surface area contributed by atoms with Gasteiger partial charge in [-0.1, -0.05) is 43.2 Å². The predicted octanol–water partition coefficient (Wildman–Crippen LogP) is 3.37. The molecule has 1 N–H and O–H groups in total. The van der Waals surface area contributed by atoms with Crippen molar-refractivity contribution in [2.45, 2.75) is 46.7 Å². The molecule has 0 saturated carbocycles. The summed E-state index contributed by atoms with van der Waals surface area (Å²) in [5.41, 5.74) is 4.09. The molecule has 0 aliphatic rings. The second kappa shape index (κ2) is 7.66. The Balaban J connectivity index is 2.47. The third-order valence-electron chi connectivity index (χ3n) is 3.46. The Labute approximate surface area is 119 Å². The summed E-state index contributed by atoms with van der Waals surface area (Å²) in [6, 6.07) is 7.39. The molecule has 2 nitrogen and oxygen atoms in total. The molecule has 1 atom stereocenters. The van der Waals surface area contributed by atoms with Crippen LogP contribution in [0.4, 0.5) is 0 Å². The molecule has 0 saturated heterocycles. The van der Waals surface area contributed by atoms with Gasteiger partial charge in [0.1, 0.15) is 0 Å². The maximum Gasteiger partial charge on any atom is 0.0217 e. The number of aryl methyl sites for hydroxylation is 2. The van der Waals surface area contributed by atoms with Gasteiger partial charge < -0.3 is 10.2 Å². The third kappa shape index (κ3) is 6.22. The van der Waals surface area contributed by atoms with E-state index in [9.17, 15) is 0 Å². The number of likely N-dealkylation sites (N-methyl/N-ethyl adjacent to an activating group) is 1. The van der Waals surface area contributed by atoms with Gasteiger partial charge in [-0.3, -0.25) is 0 Å². The molecule has 19 heavy (non-hydrogen) atoms. The largest absolute Gasteiger partial charge is 0.311 e. The molecule has 0 amide bonds. The molecule has 0 bridgehead atoms. The SMILES string of the molecule is Cc1cc(C)cc(CNCC(CC(C)C)N(C)C)c1.